The van der Waals surface area contributed by atoms with Gasteiger partial charge < -0.3 is 23.7 Å². The highest BCUT2D eigenvalue weighted by atomic mass is 16.7. The summed E-state index contributed by atoms with van der Waals surface area (Å²) in [5.74, 6) is -2.59. The molecule has 0 N–H and O–H groups in total. The Kier molecular flexibility index (Phi) is 11.9. The molecule has 0 aromatic heterocycles. The Balaban J connectivity index is 2.73. The van der Waals surface area contributed by atoms with Crippen LogP contribution in [0.1, 0.15) is 88.6 Å². The van der Waals surface area contributed by atoms with Crippen molar-refractivity contribution >= 4 is 35.8 Å². The molecule has 1 fully saturated rings. The van der Waals surface area contributed by atoms with Crippen LogP contribution in [-0.4, -0.2) is 72.3 Å². The van der Waals surface area contributed by atoms with Gasteiger partial charge in [-0.15, -0.1) is 0 Å². The number of carbonyl (C=O) groups excluding carboxylic acids is 4. The van der Waals surface area contributed by atoms with Crippen LogP contribution in [0.3, 0.4) is 0 Å². The standard InChI is InChI=1S/C33H48N2O11/c1-30(2,3)26(36)42-18-21-22(44-27(37)31(4,5)6)23(45-28(38)32(7,8)9)24(46-29(39)33(10,11)12)25(43-21)34-17-19-13-15-20(16-14-19)35(40)41/h13-17,21-25H,18H2,1-12H3/b34-17+/t21-,22-,23+,24-,25-/m1/s1. The molecule has 46 heavy (non-hydrogen) atoms. The largest absolute Gasteiger partial charge is 0.462 e. The van der Waals surface area contributed by atoms with E-state index in [9.17, 15) is 29.3 Å². The normalized spacial score (nSPS) is 22.6. The predicted molar refractivity (Wildman–Crippen MR) is 168 cm³/mol. The van der Waals surface area contributed by atoms with Gasteiger partial charge in [-0.1, -0.05) is 0 Å². The smallest absolute Gasteiger partial charge is 0.311 e. The summed E-state index contributed by atoms with van der Waals surface area (Å²) in [7, 11) is 0. The van der Waals surface area contributed by atoms with E-state index in [0.717, 1.165) is 0 Å². The van der Waals surface area contributed by atoms with Crippen LogP contribution in [-0.2, 0) is 42.9 Å². The van der Waals surface area contributed by atoms with Crippen LogP contribution in [0.25, 0.3) is 0 Å². The van der Waals surface area contributed by atoms with Gasteiger partial charge in [-0.05, 0) is 101 Å². The number of ether oxygens (including phenoxy) is 5. The molecule has 1 aromatic rings. The third-order valence-electron chi connectivity index (χ3n) is 6.64. The number of nitrogens with zero attached hydrogens (tertiary/aromatic N) is 2. The molecule has 256 valence electrons. The molecule has 0 amide bonds. The molecule has 1 aromatic carbocycles. The molecule has 5 atom stereocenters. The Morgan fingerprint density at radius 1 is 0.717 bits per heavy atom. The molecule has 13 heteroatoms. The van der Waals surface area contributed by atoms with E-state index in [-0.39, 0.29) is 5.69 Å². The van der Waals surface area contributed by atoms with Crippen LogP contribution in [0.4, 0.5) is 5.69 Å². The number of carbonyl (C=O) groups is 4. The highest BCUT2D eigenvalue weighted by molar-refractivity contribution is 5.80. The molecule has 0 saturated carbocycles. The number of aliphatic imine (C=N–C) groups is 1. The second-order valence-electron chi connectivity index (χ2n) is 15.4. The monoisotopic (exact) mass is 648 g/mol. The van der Waals surface area contributed by atoms with Crippen molar-refractivity contribution in [1.29, 1.82) is 0 Å². The Morgan fingerprint density at radius 2 is 1.13 bits per heavy atom. The van der Waals surface area contributed by atoms with Crippen LogP contribution in [0.2, 0.25) is 0 Å². The van der Waals surface area contributed by atoms with Crippen molar-refractivity contribution < 1.29 is 47.8 Å². The Bertz CT molecular complexity index is 1310. The SMILES string of the molecule is CC(C)(C)C(=O)OC[C@H]1O[C@@H](/N=C/c2ccc([N+](=O)[O-])cc2)[C@H](OC(=O)C(C)(C)C)[C@@H](OC(=O)C(C)(C)C)[C@@H]1OC(=O)C(C)(C)C. The molecular weight excluding hydrogens is 600 g/mol. The van der Waals surface area contributed by atoms with Gasteiger partial charge in [0.2, 0.25) is 0 Å². The Hall–Kier alpha value is -3.87. The number of hydrogen-bond acceptors (Lipinski definition) is 12. The van der Waals surface area contributed by atoms with Crippen molar-refractivity contribution in [3.8, 4) is 0 Å². The van der Waals surface area contributed by atoms with E-state index in [1.54, 1.807) is 83.1 Å². The summed E-state index contributed by atoms with van der Waals surface area (Å²) in [5, 5.41) is 11.1. The van der Waals surface area contributed by atoms with Gasteiger partial charge in [0.25, 0.3) is 5.69 Å². The second-order valence-corrected chi connectivity index (χ2v) is 15.4. The summed E-state index contributed by atoms with van der Waals surface area (Å²) in [6.07, 6.45) is -5.43. The molecule has 1 heterocycles. The molecular formula is C33H48N2O11. The van der Waals surface area contributed by atoms with E-state index in [2.05, 4.69) is 4.99 Å². The molecule has 0 aliphatic carbocycles. The molecule has 0 unspecified atom stereocenters. The van der Waals surface area contributed by atoms with Gasteiger partial charge in [0.15, 0.2) is 24.5 Å². The zero-order chi connectivity index (χ0) is 35.4. The minimum absolute atomic E-state index is 0.124. The Morgan fingerprint density at radius 3 is 1.54 bits per heavy atom. The van der Waals surface area contributed by atoms with Gasteiger partial charge in [-0.2, -0.15) is 0 Å². The van der Waals surface area contributed by atoms with Gasteiger partial charge in [-0.25, -0.2) is 0 Å². The Labute approximate surface area is 270 Å². The summed E-state index contributed by atoms with van der Waals surface area (Å²) in [6, 6.07) is 5.53. The fraction of sp³-hybridized carbons (Fsp3) is 0.667. The number of benzene rings is 1. The topological polar surface area (TPSA) is 170 Å². The lowest BCUT2D eigenvalue weighted by molar-refractivity contribution is -0.384. The molecule has 0 spiro atoms. The quantitative estimate of drug-likeness (QED) is 0.119. The minimum atomic E-state index is -1.43. The maximum Gasteiger partial charge on any atom is 0.311 e. The molecule has 1 aliphatic rings. The van der Waals surface area contributed by atoms with E-state index >= 15 is 0 Å². The van der Waals surface area contributed by atoms with E-state index in [4.69, 9.17) is 23.7 Å². The lowest BCUT2D eigenvalue weighted by Gasteiger charge is -2.45. The number of non-ortho nitro benzene ring substituents is 1. The van der Waals surface area contributed by atoms with E-state index < -0.39 is 87.7 Å². The summed E-state index contributed by atoms with van der Waals surface area (Å²) in [4.78, 5) is 67.7. The van der Waals surface area contributed by atoms with Crippen molar-refractivity contribution in [2.75, 3.05) is 6.61 Å². The molecule has 2 rings (SSSR count). The van der Waals surface area contributed by atoms with E-state index in [1.807, 2.05) is 0 Å². The molecule has 13 nitrogen and oxygen atoms in total. The molecule has 0 bridgehead atoms. The number of nitro groups is 1. The second kappa shape index (κ2) is 14.3. The summed E-state index contributed by atoms with van der Waals surface area (Å²) < 4.78 is 29.6. The van der Waals surface area contributed by atoms with Gasteiger partial charge in [-0.3, -0.25) is 34.3 Å². The van der Waals surface area contributed by atoms with E-state index in [0.29, 0.717) is 5.56 Å². The number of rotatable bonds is 8. The first-order valence-corrected chi connectivity index (χ1v) is 15.1. The third kappa shape index (κ3) is 10.6. The van der Waals surface area contributed by atoms with Crippen LogP contribution < -0.4 is 0 Å². The first-order valence-electron chi connectivity index (χ1n) is 15.1. The fourth-order valence-electron chi connectivity index (χ4n) is 3.67. The minimum Gasteiger partial charge on any atom is -0.462 e. The van der Waals surface area contributed by atoms with Gasteiger partial charge in [0.05, 0.1) is 26.6 Å². The van der Waals surface area contributed by atoms with Crippen LogP contribution >= 0.6 is 0 Å². The van der Waals surface area contributed by atoms with Crippen LogP contribution in [0.15, 0.2) is 29.3 Å². The van der Waals surface area contributed by atoms with Crippen molar-refractivity contribution in [3.05, 3.63) is 39.9 Å². The highest BCUT2D eigenvalue weighted by Gasteiger charge is 2.54. The third-order valence-corrected chi connectivity index (χ3v) is 6.64. The van der Waals surface area contributed by atoms with Gasteiger partial charge in [0, 0.05) is 18.3 Å². The molecule has 1 aliphatic heterocycles. The van der Waals surface area contributed by atoms with Gasteiger partial charge in [0.1, 0.15) is 12.7 Å². The average molecular weight is 649 g/mol. The first-order chi connectivity index (χ1) is 20.8. The number of nitro benzene ring substituents is 1. The summed E-state index contributed by atoms with van der Waals surface area (Å²) in [5.41, 5.74) is -3.55. The predicted octanol–water partition coefficient (Wildman–Crippen LogP) is 5.20. The number of esters is 4. The van der Waals surface area contributed by atoms with Crippen LogP contribution in [0.5, 0.6) is 0 Å². The molecule has 1 saturated heterocycles. The molecule has 0 radical (unpaired) electrons. The van der Waals surface area contributed by atoms with Crippen molar-refractivity contribution in [1.82, 2.24) is 0 Å². The zero-order valence-corrected chi connectivity index (χ0v) is 28.9. The van der Waals surface area contributed by atoms with E-state index in [1.165, 1.54) is 30.5 Å². The summed E-state index contributed by atoms with van der Waals surface area (Å²) in [6.45, 7) is 19.3. The summed E-state index contributed by atoms with van der Waals surface area (Å²) >= 11 is 0. The van der Waals surface area contributed by atoms with Crippen molar-refractivity contribution in [3.63, 3.8) is 0 Å². The van der Waals surface area contributed by atoms with Gasteiger partial charge >= 0.3 is 23.9 Å². The maximum absolute atomic E-state index is 13.3. The fourth-order valence-corrected chi connectivity index (χ4v) is 3.67. The lowest BCUT2D eigenvalue weighted by Crippen LogP contribution is -2.63. The lowest BCUT2D eigenvalue weighted by atomic mass is 9.92. The maximum atomic E-state index is 13.3. The first kappa shape index (κ1) is 38.3. The number of hydrogen-bond donors (Lipinski definition) is 0. The van der Waals surface area contributed by atoms with Crippen molar-refractivity contribution in [2.45, 2.75) is 114 Å². The van der Waals surface area contributed by atoms with Crippen molar-refractivity contribution in [2.24, 2.45) is 26.7 Å². The average Bonchev–Trinajstić information content (AvgIpc) is 2.90. The highest BCUT2D eigenvalue weighted by Crippen LogP contribution is 2.34. The van der Waals surface area contributed by atoms with Crippen LogP contribution in [0, 0.1) is 31.8 Å². The zero-order valence-electron chi connectivity index (χ0n) is 28.9.